The van der Waals surface area contributed by atoms with Crippen LogP contribution in [0.15, 0.2) is 39.9 Å². The molecule has 1 aliphatic rings. The van der Waals surface area contributed by atoms with Crippen LogP contribution >= 0.6 is 0 Å². The van der Waals surface area contributed by atoms with Gasteiger partial charge in [0.15, 0.2) is 5.78 Å². The third-order valence-electron chi connectivity index (χ3n) is 5.34. The van der Waals surface area contributed by atoms with E-state index in [1.807, 2.05) is 18.2 Å². The van der Waals surface area contributed by atoms with Crippen molar-refractivity contribution in [3.8, 4) is 5.75 Å². The lowest BCUT2D eigenvalue weighted by Gasteiger charge is -2.36. The van der Waals surface area contributed by atoms with Crippen LogP contribution in [0.4, 0.5) is 5.82 Å². The molecule has 156 valence electrons. The molecule has 0 spiro atoms. The van der Waals surface area contributed by atoms with Gasteiger partial charge in [-0.05, 0) is 25.5 Å². The lowest BCUT2D eigenvalue weighted by atomic mass is 10.1. The van der Waals surface area contributed by atoms with Gasteiger partial charge in [0.05, 0.1) is 12.2 Å². The lowest BCUT2D eigenvalue weighted by molar-refractivity contribution is 0.101. The minimum absolute atomic E-state index is 0.00173. The molecular weight excluding hydrogens is 372 g/mol. The number of carbonyl (C=O) groups is 1. The number of nitrogens with zero attached hydrogens (tertiary/aromatic N) is 4. The molecule has 8 heteroatoms. The van der Waals surface area contributed by atoms with Gasteiger partial charge in [0, 0.05) is 52.9 Å². The van der Waals surface area contributed by atoms with Gasteiger partial charge in [-0.2, -0.15) is 0 Å². The number of piperazine rings is 1. The maximum absolute atomic E-state index is 12.1. The number of ether oxygens (including phenoxy) is 1. The van der Waals surface area contributed by atoms with E-state index in [1.165, 1.54) is 17.7 Å². The van der Waals surface area contributed by atoms with Crippen LogP contribution in [-0.4, -0.2) is 59.1 Å². The van der Waals surface area contributed by atoms with Gasteiger partial charge in [-0.25, -0.2) is 4.79 Å². The summed E-state index contributed by atoms with van der Waals surface area (Å²) in [5.41, 5.74) is 0.0205. The molecule has 1 saturated heterocycles. The SMILES string of the molecule is CC(=O)c1ccccc1OCCCN1CCN(c2cc(=O)n(C)c(=O)n2C)CC1. The van der Waals surface area contributed by atoms with Crippen molar-refractivity contribution in [2.75, 3.05) is 44.2 Å². The minimum atomic E-state index is -0.307. The summed E-state index contributed by atoms with van der Waals surface area (Å²) in [5.74, 6) is 1.31. The van der Waals surface area contributed by atoms with E-state index in [4.69, 9.17) is 4.74 Å². The average Bonchev–Trinajstić information content (AvgIpc) is 2.73. The third kappa shape index (κ3) is 4.76. The summed E-state index contributed by atoms with van der Waals surface area (Å²) in [5, 5.41) is 0. The fourth-order valence-corrected chi connectivity index (χ4v) is 3.58. The standard InChI is InChI=1S/C21H28N4O4/c1-16(26)17-7-4-5-8-18(17)29-14-6-9-24-10-12-25(13-11-24)19-15-20(27)23(3)21(28)22(19)2/h4-5,7-8,15H,6,9-14H2,1-3H3. The number of hydrogen-bond acceptors (Lipinski definition) is 6. The molecular formula is C21H28N4O4. The molecule has 0 unspecified atom stereocenters. The summed E-state index contributed by atoms with van der Waals surface area (Å²) in [7, 11) is 3.18. The number of ketones is 1. The monoisotopic (exact) mass is 400 g/mol. The second-order valence-corrected chi connectivity index (χ2v) is 7.32. The number of aromatic nitrogens is 2. The molecule has 1 aromatic heterocycles. The van der Waals surface area contributed by atoms with E-state index in [0.29, 0.717) is 23.7 Å². The molecule has 0 atom stereocenters. The fraction of sp³-hybridized carbons (Fsp3) is 0.476. The highest BCUT2D eigenvalue weighted by atomic mass is 16.5. The molecule has 0 N–H and O–H groups in total. The van der Waals surface area contributed by atoms with Gasteiger partial charge < -0.3 is 9.64 Å². The van der Waals surface area contributed by atoms with Crippen molar-refractivity contribution in [1.29, 1.82) is 0 Å². The van der Waals surface area contributed by atoms with Crippen LogP contribution in [0, 0.1) is 0 Å². The van der Waals surface area contributed by atoms with Crippen molar-refractivity contribution in [3.63, 3.8) is 0 Å². The van der Waals surface area contributed by atoms with Gasteiger partial charge in [-0.15, -0.1) is 0 Å². The number of para-hydroxylation sites is 1. The van der Waals surface area contributed by atoms with Crippen molar-refractivity contribution in [3.05, 3.63) is 56.7 Å². The number of hydrogen-bond donors (Lipinski definition) is 0. The second-order valence-electron chi connectivity index (χ2n) is 7.32. The Hall–Kier alpha value is -2.87. The number of carbonyl (C=O) groups excluding carboxylic acids is 1. The van der Waals surface area contributed by atoms with E-state index >= 15 is 0 Å². The highest BCUT2D eigenvalue weighted by Gasteiger charge is 2.20. The van der Waals surface area contributed by atoms with E-state index in [0.717, 1.165) is 43.7 Å². The number of Topliss-reactive ketones (excluding diaryl/α,β-unsaturated/α-hetero) is 1. The first-order valence-corrected chi connectivity index (χ1v) is 9.85. The van der Waals surface area contributed by atoms with Gasteiger partial charge >= 0.3 is 5.69 Å². The van der Waals surface area contributed by atoms with Gasteiger partial charge in [0.2, 0.25) is 0 Å². The lowest BCUT2D eigenvalue weighted by Crippen LogP contribution is -2.49. The van der Waals surface area contributed by atoms with Crippen LogP contribution in [0.3, 0.4) is 0 Å². The fourth-order valence-electron chi connectivity index (χ4n) is 3.58. The average molecular weight is 400 g/mol. The maximum Gasteiger partial charge on any atom is 0.332 e. The normalized spacial score (nSPS) is 14.8. The molecule has 3 rings (SSSR count). The van der Waals surface area contributed by atoms with Crippen LogP contribution in [-0.2, 0) is 14.1 Å². The number of benzene rings is 1. The Morgan fingerprint density at radius 3 is 2.41 bits per heavy atom. The zero-order valence-corrected chi connectivity index (χ0v) is 17.3. The van der Waals surface area contributed by atoms with Crippen molar-refractivity contribution in [1.82, 2.24) is 14.0 Å². The Kier molecular flexibility index (Phi) is 6.53. The Labute approximate surface area is 169 Å². The Morgan fingerprint density at radius 2 is 1.72 bits per heavy atom. The molecule has 1 fully saturated rings. The molecule has 0 radical (unpaired) electrons. The minimum Gasteiger partial charge on any atom is -0.493 e. The predicted molar refractivity (Wildman–Crippen MR) is 112 cm³/mol. The number of anilines is 1. The molecule has 1 aromatic carbocycles. The van der Waals surface area contributed by atoms with Crippen LogP contribution in [0.1, 0.15) is 23.7 Å². The smallest absolute Gasteiger partial charge is 0.332 e. The van der Waals surface area contributed by atoms with E-state index < -0.39 is 0 Å². The first-order valence-electron chi connectivity index (χ1n) is 9.85. The molecule has 0 aliphatic carbocycles. The predicted octanol–water partition coefficient (Wildman–Crippen LogP) is 0.878. The van der Waals surface area contributed by atoms with E-state index in [2.05, 4.69) is 9.80 Å². The quantitative estimate of drug-likeness (QED) is 0.507. The Morgan fingerprint density at radius 1 is 1.03 bits per heavy atom. The summed E-state index contributed by atoms with van der Waals surface area (Å²) in [6.45, 7) is 6.21. The van der Waals surface area contributed by atoms with Crippen molar-refractivity contribution in [2.45, 2.75) is 13.3 Å². The highest BCUT2D eigenvalue weighted by Crippen LogP contribution is 2.18. The molecule has 29 heavy (non-hydrogen) atoms. The summed E-state index contributed by atoms with van der Waals surface area (Å²) >= 11 is 0. The van der Waals surface area contributed by atoms with Crippen molar-refractivity contribution >= 4 is 11.6 Å². The van der Waals surface area contributed by atoms with Gasteiger partial charge in [0.1, 0.15) is 11.6 Å². The first-order chi connectivity index (χ1) is 13.9. The van der Waals surface area contributed by atoms with E-state index in [-0.39, 0.29) is 17.0 Å². The Bertz CT molecular complexity index is 987. The first kappa shape index (κ1) is 20.9. The third-order valence-corrected chi connectivity index (χ3v) is 5.34. The molecule has 0 saturated carbocycles. The van der Waals surface area contributed by atoms with Crippen molar-refractivity contribution in [2.24, 2.45) is 14.1 Å². The summed E-state index contributed by atoms with van der Waals surface area (Å²) < 4.78 is 8.44. The topological polar surface area (TPSA) is 76.8 Å². The van der Waals surface area contributed by atoms with Gasteiger partial charge in [-0.1, -0.05) is 12.1 Å². The molecule has 8 nitrogen and oxygen atoms in total. The second kappa shape index (κ2) is 9.09. The van der Waals surface area contributed by atoms with Gasteiger partial charge in [-0.3, -0.25) is 23.6 Å². The molecule has 1 aliphatic heterocycles. The van der Waals surface area contributed by atoms with E-state index in [1.54, 1.807) is 20.0 Å². The molecule has 2 heterocycles. The van der Waals surface area contributed by atoms with Crippen LogP contribution < -0.4 is 20.9 Å². The largest absolute Gasteiger partial charge is 0.493 e. The summed E-state index contributed by atoms with van der Waals surface area (Å²) in [6, 6.07) is 8.83. The maximum atomic E-state index is 12.1. The summed E-state index contributed by atoms with van der Waals surface area (Å²) in [4.78, 5) is 40.2. The molecule has 2 aromatic rings. The van der Waals surface area contributed by atoms with Crippen LogP contribution in [0.5, 0.6) is 5.75 Å². The van der Waals surface area contributed by atoms with Crippen molar-refractivity contribution < 1.29 is 9.53 Å². The zero-order valence-electron chi connectivity index (χ0n) is 17.3. The van der Waals surface area contributed by atoms with Crippen LogP contribution in [0.25, 0.3) is 0 Å². The van der Waals surface area contributed by atoms with Crippen LogP contribution in [0.2, 0.25) is 0 Å². The number of rotatable bonds is 7. The Balaban J connectivity index is 1.48. The van der Waals surface area contributed by atoms with E-state index in [9.17, 15) is 14.4 Å². The summed E-state index contributed by atoms with van der Waals surface area (Å²) in [6.07, 6.45) is 0.858. The highest BCUT2D eigenvalue weighted by molar-refractivity contribution is 5.96. The zero-order chi connectivity index (χ0) is 21.0. The molecule has 0 bridgehead atoms. The molecule has 0 amide bonds. The van der Waals surface area contributed by atoms with Gasteiger partial charge in [0.25, 0.3) is 5.56 Å².